The van der Waals surface area contributed by atoms with Crippen LogP contribution in [0.5, 0.6) is 0 Å². The fourth-order valence-electron chi connectivity index (χ4n) is 1.78. The van der Waals surface area contributed by atoms with Gasteiger partial charge in [-0.05, 0) is 24.6 Å². The van der Waals surface area contributed by atoms with Crippen molar-refractivity contribution in [3.8, 4) is 0 Å². The number of carbonyl (C=O) groups excluding carboxylic acids is 1. The van der Waals surface area contributed by atoms with Gasteiger partial charge >= 0.3 is 13.1 Å². The lowest BCUT2D eigenvalue weighted by Gasteiger charge is -2.19. The number of carbonyl (C=O) groups is 2. The van der Waals surface area contributed by atoms with Gasteiger partial charge in [0.25, 0.3) is 0 Å². The molecule has 0 rings (SSSR count). The lowest BCUT2D eigenvalue weighted by molar-refractivity contribution is -0.138. The molecular weight excluding hydrogens is 263 g/mol. The number of amides is 1. The fourth-order valence-corrected chi connectivity index (χ4v) is 1.78. The van der Waals surface area contributed by atoms with Crippen molar-refractivity contribution in [2.75, 3.05) is 6.54 Å². The number of carboxylic acids is 1. The lowest BCUT2D eigenvalue weighted by Crippen LogP contribution is -2.45. The van der Waals surface area contributed by atoms with E-state index in [1.807, 2.05) is 13.8 Å². The number of hydrogen-bond donors (Lipinski definition) is 5. The van der Waals surface area contributed by atoms with Gasteiger partial charge in [0.1, 0.15) is 0 Å². The van der Waals surface area contributed by atoms with Crippen molar-refractivity contribution >= 4 is 19.0 Å². The Labute approximate surface area is 119 Å². The summed E-state index contributed by atoms with van der Waals surface area (Å²) in [5, 5.41) is 29.0. The zero-order chi connectivity index (χ0) is 15.7. The van der Waals surface area contributed by atoms with Crippen LogP contribution in [0.4, 0.5) is 0 Å². The second-order valence-electron chi connectivity index (χ2n) is 5.39. The van der Waals surface area contributed by atoms with Crippen LogP contribution < -0.4 is 11.1 Å². The second-order valence-corrected chi connectivity index (χ2v) is 5.39. The summed E-state index contributed by atoms with van der Waals surface area (Å²) in [6, 6.07) is -0.611. The van der Waals surface area contributed by atoms with E-state index in [1.165, 1.54) is 0 Å². The Morgan fingerprint density at radius 1 is 1.30 bits per heavy atom. The van der Waals surface area contributed by atoms with Crippen LogP contribution in [0.25, 0.3) is 0 Å². The molecule has 0 unspecified atom stereocenters. The molecule has 7 nitrogen and oxygen atoms in total. The van der Waals surface area contributed by atoms with Crippen LogP contribution in [0, 0.1) is 11.8 Å². The van der Waals surface area contributed by atoms with E-state index in [0.29, 0.717) is 12.8 Å². The molecule has 116 valence electrons. The van der Waals surface area contributed by atoms with Crippen LogP contribution in [0.3, 0.4) is 0 Å². The average Bonchev–Trinajstić information content (AvgIpc) is 2.33. The van der Waals surface area contributed by atoms with Crippen molar-refractivity contribution in [3.05, 3.63) is 0 Å². The zero-order valence-corrected chi connectivity index (χ0v) is 12.1. The molecule has 20 heavy (non-hydrogen) atoms. The summed E-state index contributed by atoms with van der Waals surface area (Å²) >= 11 is 0. The summed E-state index contributed by atoms with van der Waals surface area (Å²) in [5.74, 6) is -1.47. The Kier molecular flexibility index (Phi) is 9.19. The van der Waals surface area contributed by atoms with Gasteiger partial charge in [0.15, 0.2) is 0 Å². The largest absolute Gasteiger partial charge is 0.481 e. The minimum Gasteiger partial charge on any atom is -0.481 e. The molecule has 0 fully saturated rings. The maximum absolute atomic E-state index is 11.7. The molecular formula is C12H25BN2O5. The molecule has 0 aromatic heterocycles. The van der Waals surface area contributed by atoms with E-state index in [1.54, 1.807) is 0 Å². The van der Waals surface area contributed by atoms with Crippen molar-refractivity contribution in [2.45, 2.75) is 45.5 Å². The van der Waals surface area contributed by atoms with Gasteiger partial charge in [-0.3, -0.25) is 9.59 Å². The second kappa shape index (κ2) is 9.74. The quantitative estimate of drug-likeness (QED) is 0.342. The van der Waals surface area contributed by atoms with Gasteiger partial charge in [-0.2, -0.15) is 0 Å². The van der Waals surface area contributed by atoms with E-state index in [4.69, 9.17) is 20.9 Å². The van der Waals surface area contributed by atoms with E-state index < -0.39 is 19.1 Å². The molecule has 0 saturated carbocycles. The predicted molar refractivity (Wildman–Crippen MR) is 75.8 cm³/mol. The molecule has 0 aliphatic heterocycles. The van der Waals surface area contributed by atoms with Gasteiger partial charge < -0.3 is 26.2 Å². The molecule has 1 amide bonds. The predicted octanol–water partition coefficient (Wildman–Crippen LogP) is -0.570. The molecule has 2 atom stereocenters. The highest BCUT2D eigenvalue weighted by Crippen LogP contribution is 2.13. The molecule has 0 aromatic rings. The Morgan fingerprint density at radius 3 is 2.35 bits per heavy atom. The third-order valence-electron chi connectivity index (χ3n) is 3.12. The van der Waals surface area contributed by atoms with Crippen molar-refractivity contribution in [1.29, 1.82) is 0 Å². The summed E-state index contributed by atoms with van der Waals surface area (Å²) in [4.78, 5) is 22.5. The first-order valence-corrected chi connectivity index (χ1v) is 6.85. The van der Waals surface area contributed by atoms with Gasteiger partial charge in [-0.25, -0.2) is 0 Å². The molecule has 8 heteroatoms. The van der Waals surface area contributed by atoms with Crippen molar-refractivity contribution < 1.29 is 24.7 Å². The molecule has 0 radical (unpaired) electrons. The lowest BCUT2D eigenvalue weighted by atomic mass is 9.82. The maximum Gasteiger partial charge on any atom is 0.451 e. The number of hydrogen-bond acceptors (Lipinski definition) is 5. The summed E-state index contributed by atoms with van der Waals surface area (Å²) in [6.45, 7) is 3.90. The van der Waals surface area contributed by atoms with Gasteiger partial charge in [-0.15, -0.1) is 0 Å². The van der Waals surface area contributed by atoms with Gasteiger partial charge in [0, 0.05) is 13.0 Å². The number of nitrogens with two attached hydrogens (primary N) is 1. The third-order valence-corrected chi connectivity index (χ3v) is 3.12. The van der Waals surface area contributed by atoms with E-state index >= 15 is 0 Å². The smallest absolute Gasteiger partial charge is 0.451 e. The molecule has 0 aliphatic carbocycles. The Morgan fingerprint density at radius 2 is 1.90 bits per heavy atom. The van der Waals surface area contributed by atoms with Crippen LogP contribution in [0.1, 0.15) is 33.1 Å². The molecule has 6 N–H and O–H groups in total. The topological polar surface area (TPSA) is 133 Å². The standard InChI is InChI=1S/C12H25BN2O5/c1-8(2)11(14)12(18)15-7-9(6-10(16)17)4-3-5-13(19)20/h8-9,11,19-20H,3-7,14H2,1-2H3,(H,15,18)(H,16,17)/t9-,11+/m1/s1. The molecule has 0 heterocycles. The highest BCUT2D eigenvalue weighted by molar-refractivity contribution is 6.40. The van der Waals surface area contributed by atoms with Crippen LogP contribution in [0.15, 0.2) is 0 Å². The van der Waals surface area contributed by atoms with Gasteiger partial charge in [-0.1, -0.05) is 20.3 Å². The average molecular weight is 288 g/mol. The first-order chi connectivity index (χ1) is 9.23. The van der Waals surface area contributed by atoms with E-state index in [9.17, 15) is 9.59 Å². The van der Waals surface area contributed by atoms with E-state index in [2.05, 4.69) is 5.32 Å². The van der Waals surface area contributed by atoms with E-state index in [-0.39, 0.29) is 37.0 Å². The monoisotopic (exact) mass is 288 g/mol. The summed E-state index contributed by atoms with van der Waals surface area (Å²) in [7, 11) is -1.38. The molecule has 0 spiro atoms. The zero-order valence-electron chi connectivity index (χ0n) is 12.1. The minimum absolute atomic E-state index is 0.0115. The summed E-state index contributed by atoms with van der Waals surface area (Å²) in [6.07, 6.45) is 1.11. The van der Waals surface area contributed by atoms with Crippen LogP contribution in [-0.4, -0.2) is 46.7 Å². The third kappa shape index (κ3) is 8.90. The number of aliphatic carboxylic acids is 1. The molecule has 0 aliphatic rings. The van der Waals surface area contributed by atoms with Crippen molar-refractivity contribution in [1.82, 2.24) is 5.32 Å². The molecule has 0 bridgehead atoms. The summed E-state index contributed by atoms with van der Waals surface area (Å²) in [5.41, 5.74) is 5.69. The highest BCUT2D eigenvalue weighted by atomic mass is 16.4. The molecule has 0 aromatic carbocycles. The van der Waals surface area contributed by atoms with Crippen molar-refractivity contribution in [2.24, 2.45) is 17.6 Å². The van der Waals surface area contributed by atoms with E-state index in [0.717, 1.165) is 0 Å². The normalized spacial score (nSPS) is 13.9. The minimum atomic E-state index is -1.38. The summed E-state index contributed by atoms with van der Waals surface area (Å²) < 4.78 is 0. The highest BCUT2D eigenvalue weighted by Gasteiger charge is 2.20. The Hall–Kier alpha value is -1.12. The van der Waals surface area contributed by atoms with Crippen LogP contribution >= 0.6 is 0 Å². The van der Waals surface area contributed by atoms with Crippen molar-refractivity contribution in [3.63, 3.8) is 0 Å². The fraction of sp³-hybridized carbons (Fsp3) is 0.833. The van der Waals surface area contributed by atoms with Crippen LogP contribution in [-0.2, 0) is 9.59 Å². The first-order valence-electron chi connectivity index (χ1n) is 6.85. The maximum atomic E-state index is 11.7. The Balaban J connectivity index is 4.21. The number of nitrogens with one attached hydrogen (secondary N) is 1. The number of carboxylic acid groups (broad SMARTS) is 1. The van der Waals surface area contributed by atoms with Gasteiger partial charge in [0.05, 0.1) is 6.04 Å². The molecule has 0 saturated heterocycles. The Bertz CT molecular complexity index is 312. The SMILES string of the molecule is CC(C)[C@H](N)C(=O)NC[C@H](CCCB(O)O)CC(=O)O. The van der Waals surface area contributed by atoms with Crippen LogP contribution in [0.2, 0.25) is 6.32 Å². The van der Waals surface area contributed by atoms with Gasteiger partial charge in [0.2, 0.25) is 5.91 Å². The number of rotatable bonds is 10. The first kappa shape index (κ1) is 18.9.